The smallest absolute Gasteiger partial charge is 0.262 e. The monoisotopic (exact) mass is 398 g/mol. The van der Waals surface area contributed by atoms with Gasteiger partial charge in [-0.25, -0.2) is 0 Å². The van der Waals surface area contributed by atoms with Crippen LogP contribution in [0.3, 0.4) is 0 Å². The quantitative estimate of drug-likeness (QED) is 0.627. The number of methoxy groups -OCH3 is 1. The van der Waals surface area contributed by atoms with Crippen molar-refractivity contribution in [3.63, 3.8) is 0 Å². The standard InChI is InChI=1S/C23H30N2O4/c1-16(2)8-9-17(3)24-23(27)18-10-12-20(13-11-18)29-15-22(26)25-19-6-5-7-21(14-19)28-4/h5-7,10-14,16-17H,8-9,15H2,1-4H3,(H,24,27)(H,25,26). The Hall–Kier alpha value is -3.02. The second-order valence-corrected chi connectivity index (χ2v) is 7.44. The number of carbonyl (C=O) groups excluding carboxylic acids is 2. The summed E-state index contributed by atoms with van der Waals surface area (Å²) in [7, 11) is 1.57. The molecular weight excluding hydrogens is 368 g/mol. The van der Waals surface area contributed by atoms with Gasteiger partial charge in [-0.15, -0.1) is 0 Å². The Morgan fingerprint density at radius 2 is 1.69 bits per heavy atom. The molecule has 0 heterocycles. The Morgan fingerprint density at radius 1 is 0.966 bits per heavy atom. The number of anilines is 1. The summed E-state index contributed by atoms with van der Waals surface area (Å²) in [5.74, 6) is 1.42. The lowest BCUT2D eigenvalue weighted by Gasteiger charge is -2.15. The minimum absolute atomic E-state index is 0.108. The molecule has 0 aliphatic carbocycles. The van der Waals surface area contributed by atoms with Gasteiger partial charge in [-0.3, -0.25) is 9.59 Å². The van der Waals surface area contributed by atoms with E-state index >= 15 is 0 Å². The molecular formula is C23H30N2O4. The van der Waals surface area contributed by atoms with Crippen molar-refractivity contribution in [3.8, 4) is 11.5 Å². The van der Waals surface area contributed by atoms with Crippen LogP contribution in [0.25, 0.3) is 0 Å². The number of amides is 2. The Morgan fingerprint density at radius 3 is 2.34 bits per heavy atom. The first-order valence-electron chi connectivity index (χ1n) is 9.85. The predicted molar refractivity (Wildman–Crippen MR) is 115 cm³/mol. The first kappa shape index (κ1) is 22.3. The zero-order chi connectivity index (χ0) is 21.2. The molecule has 2 aromatic carbocycles. The van der Waals surface area contributed by atoms with Crippen molar-refractivity contribution in [1.82, 2.24) is 5.32 Å². The molecule has 0 aliphatic rings. The lowest BCUT2D eigenvalue weighted by Crippen LogP contribution is -2.32. The van der Waals surface area contributed by atoms with Crippen molar-refractivity contribution in [2.24, 2.45) is 5.92 Å². The van der Waals surface area contributed by atoms with E-state index in [4.69, 9.17) is 9.47 Å². The van der Waals surface area contributed by atoms with Crippen LogP contribution in [0, 0.1) is 5.92 Å². The van der Waals surface area contributed by atoms with Gasteiger partial charge in [0.05, 0.1) is 7.11 Å². The van der Waals surface area contributed by atoms with Crippen molar-refractivity contribution >= 4 is 17.5 Å². The highest BCUT2D eigenvalue weighted by molar-refractivity contribution is 5.94. The summed E-state index contributed by atoms with van der Waals surface area (Å²) in [4.78, 5) is 24.4. The summed E-state index contributed by atoms with van der Waals surface area (Å²) < 4.78 is 10.6. The lowest BCUT2D eigenvalue weighted by atomic mass is 10.0. The van der Waals surface area contributed by atoms with Gasteiger partial charge in [-0.1, -0.05) is 19.9 Å². The molecule has 2 amide bonds. The second-order valence-electron chi connectivity index (χ2n) is 7.44. The molecule has 2 aromatic rings. The Labute approximate surface area is 172 Å². The van der Waals surface area contributed by atoms with E-state index in [-0.39, 0.29) is 24.5 Å². The maximum absolute atomic E-state index is 12.3. The topological polar surface area (TPSA) is 76.7 Å². The highest BCUT2D eigenvalue weighted by Crippen LogP contribution is 2.17. The van der Waals surface area contributed by atoms with Gasteiger partial charge in [0.15, 0.2) is 6.61 Å². The van der Waals surface area contributed by atoms with Crippen molar-refractivity contribution in [2.45, 2.75) is 39.7 Å². The van der Waals surface area contributed by atoms with E-state index < -0.39 is 0 Å². The molecule has 6 heteroatoms. The summed E-state index contributed by atoms with van der Waals surface area (Å²) >= 11 is 0. The largest absolute Gasteiger partial charge is 0.497 e. The predicted octanol–water partition coefficient (Wildman–Crippen LogP) is 4.27. The van der Waals surface area contributed by atoms with E-state index in [2.05, 4.69) is 24.5 Å². The molecule has 29 heavy (non-hydrogen) atoms. The van der Waals surface area contributed by atoms with Crippen LogP contribution in [0.4, 0.5) is 5.69 Å². The van der Waals surface area contributed by atoms with Crippen molar-refractivity contribution in [1.29, 1.82) is 0 Å². The molecule has 2 rings (SSSR count). The molecule has 0 fully saturated rings. The zero-order valence-electron chi connectivity index (χ0n) is 17.5. The number of nitrogens with one attached hydrogen (secondary N) is 2. The highest BCUT2D eigenvalue weighted by atomic mass is 16.5. The summed E-state index contributed by atoms with van der Waals surface area (Å²) in [5.41, 5.74) is 1.20. The van der Waals surface area contributed by atoms with E-state index in [0.717, 1.165) is 12.8 Å². The first-order chi connectivity index (χ1) is 13.9. The summed E-state index contributed by atoms with van der Waals surface area (Å²) in [5, 5.41) is 5.75. The molecule has 1 atom stereocenters. The Kier molecular flexibility index (Phi) is 8.52. The first-order valence-corrected chi connectivity index (χ1v) is 9.85. The minimum atomic E-state index is -0.279. The van der Waals surface area contributed by atoms with Crippen LogP contribution < -0.4 is 20.1 Å². The molecule has 6 nitrogen and oxygen atoms in total. The third-order valence-corrected chi connectivity index (χ3v) is 4.39. The minimum Gasteiger partial charge on any atom is -0.497 e. The molecule has 0 aliphatic heterocycles. The van der Waals surface area contributed by atoms with E-state index in [0.29, 0.717) is 28.7 Å². The van der Waals surface area contributed by atoms with E-state index in [1.165, 1.54) is 0 Å². The molecule has 0 aromatic heterocycles. The zero-order valence-corrected chi connectivity index (χ0v) is 17.5. The van der Waals surface area contributed by atoms with Gasteiger partial charge in [-0.2, -0.15) is 0 Å². The summed E-state index contributed by atoms with van der Waals surface area (Å²) in [6.45, 7) is 6.22. The van der Waals surface area contributed by atoms with E-state index in [9.17, 15) is 9.59 Å². The maximum Gasteiger partial charge on any atom is 0.262 e. The molecule has 0 radical (unpaired) electrons. The molecule has 156 valence electrons. The summed E-state index contributed by atoms with van der Waals surface area (Å²) in [6.07, 6.45) is 2.03. The maximum atomic E-state index is 12.3. The fraction of sp³-hybridized carbons (Fsp3) is 0.391. The number of ether oxygens (including phenoxy) is 2. The van der Waals surface area contributed by atoms with Gasteiger partial charge in [0.1, 0.15) is 11.5 Å². The third kappa shape index (κ3) is 7.86. The third-order valence-electron chi connectivity index (χ3n) is 4.39. The van der Waals surface area contributed by atoms with Crippen LogP contribution in [0.5, 0.6) is 11.5 Å². The van der Waals surface area contributed by atoms with Crippen molar-refractivity contribution < 1.29 is 19.1 Å². The van der Waals surface area contributed by atoms with Crippen LogP contribution in [0.2, 0.25) is 0 Å². The number of benzene rings is 2. The molecule has 0 saturated heterocycles. The second kappa shape index (κ2) is 11.1. The Bertz CT molecular complexity index is 803. The van der Waals surface area contributed by atoms with Gasteiger partial charge < -0.3 is 20.1 Å². The van der Waals surface area contributed by atoms with Gasteiger partial charge in [0.2, 0.25) is 0 Å². The van der Waals surface area contributed by atoms with Crippen LogP contribution in [-0.2, 0) is 4.79 Å². The molecule has 1 unspecified atom stereocenters. The average molecular weight is 399 g/mol. The SMILES string of the molecule is COc1cccc(NC(=O)COc2ccc(C(=O)NC(C)CCC(C)C)cc2)c1. The summed E-state index contributed by atoms with van der Waals surface area (Å²) in [6, 6.07) is 14.0. The van der Waals surface area contributed by atoms with Crippen LogP contribution in [0.1, 0.15) is 44.0 Å². The van der Waals surface area contributed by atoms with E-state index in [1.54, 1.807) is 55.6 Å². The van der Waals surface area contributed by atoms with Crippen LogP contribution in [0.15, 0.2) is 48.5 Å². The van der Waals surface area contributed by atoms with Gasteiger partial charge >= 0.3 is 0 Å². The fourth-order valence-corrected chi connectivity index (χ4v) is 2.71. The van der Waals surface area contributed by atoms with Crippen molar-refractivity contribution in [3.05, 3.63) is 54.1 Å². The average Bonchev–Trinajstić information content (AvgIpc) is 2.71. The normalized spacial score (nSPS) is 11.6. The number of hydrogen-bond donors (Lipinski definition) is 2. The van der Waals surface area contributed by atoms with Gasteiger partial charge in [-0.05, 0) is 62.1 Å². The Balaban J connectivity index is 1.80. The number of carbonyl (C=O) groups is 2. The van der Waals surface area contributed by atoms with Crippen LogP contribution >= 0.6 is 0 Å². The van der Waals surface area contributed by atoms with Gasteiger partial charge in [0, 0.05) is 23.4 Å². The fourth-order valence-electron chi connectivity index (χ4n) is 2.71. The van der Waals surface area contributed by atoms with Crippen molar-refractivity contribution in [2.75, 3.05) is 19.0 Å². The number of hydrogen-bond acceptors (Lipinski definition) is 4. The van der Waals surface area contributed by atoms with E-state index in [1.807, 2.05) is 6.92 Å². The molecule has 0 spiro atoms. The molecule has 0 bridgehead atoms. The van der Waals surface area contributed by atoms with Crippen LogP contribution in [-0.4, -0.2) is 31.6 Å². The molecule has 0 saturated carbocycles. The van der Waals surface area contributed by atoms with Gasteiger partial charge in [0.25, 0.3) is 11.8 Å². The molecule has 2 N–H and O–H groups in total. The highest BCUT2D eigenvalue weighted by Gasteiger charge is 2.11. The lowest BCUT2D eigenvalue weighted by molar-refractivity contribution is -0.118. The number of rotatable bonds is 10.